The van der Waals surface area contributed by atoms with Crippen molar-refractivity contribution in [2.75, 3.05) is 6.54 Å². The van der Waals surface area contributed by atoms with Crippen LogP contribution in [0.5, 0.6) is 0 Å². The Labute approximate surface area is 125 Å². The molecule has 112 valence electrons. The number of hydrogen-bond acceptors (Lipinski definition) is 3. The molecule has 2 N–H and O–H groups in total. The van der Waals surface area contributed by atoms with Gasteiger partial charge in [0, 0.05) is 11.6 Å². The largest absolute Gasteiger partial charge is 0.392 e. The van der Waals surface area contributed by atoms with Gasteiger partial charge in [0.2, 0.25) is 10.0 Å². The summed E-state index contributed by atoms with van der Waals surface area (Å²) in [4.78, 5) is 0.149. The molecular formula is C14H20ClNO3S. The summed E-state index contributed by atoms with van der Waals surface area (Å²) < 4.78 is 27.0. The maximum Gasteiger partial charge on any atom is 0.240 e. The van der Waals surface area contributed by atoms with Crippen molar-refractivity contribution in [2.45, 2.75) is 43.6 Å². The van der Waals surface area contributed by atoms with Crippen molar-refractivity contribution in [1.82, 2.24) is 4.72 Å². The van der Waals surface area contributed by atoms with Gasteiger partial charge in [0.15, 0.2) is 0 Å². The Morgan fingerprint density at radius 1 is 1.25 bits per heavy atom. The summed E-state index contributed by atoms with van der Waals surface area (Å²) in [5.41, 5.74) is 0.526. The number of aliphatic hydroxyl groups excluding tert-OH is 1. The number of benzene rings is 1. The van der Waals surface area contributed by atoms with Gasteiger partial charge >= 0.3 is 0 Å². The predicted octanol–water partition coefficient (Wildman–Crippen LogP) is 2.69. The minimum absolute atomic E-state index is 0.149. The van der Waals surface area contributed by atoms with Gasteiger partial charge in [-0.15, -0.1) is 0 Å². The van der Waals surface area contributed by atoms with Gasteiger partial charge in [-0.2, -0.15) is 0 Å². The fourth-order valence-electron chi connectivity index (χ4n) is 2.53. The lowest BCUT2D eigenvalue weighted by Gasteiger charge is -2.21. The van der Waals surface area contributed by atoms with Gasteiger partial charge in [0.1, 0.15) is 0 Å². The van der Waals surface area contributed by atoms with E-state index in [0.717, 1.165) is 12.8 Å². The SMILES string of the molecule is O=S(=O)(NCC1CCCCC1)c1ccc(CO)c(Cl)c1. The summed E-state index contributed by atoms with van der Waals surface area (Å²) in [5.74, 6) is 0.436. The second kappa shape index (κ2) is 6.89. The molecule has 4 nitrogen and oxygen atoms in total. The standard InChI is InChI=1S/C14H20ClNO3S/c15-14-8-13(7-6-12(14)10-17)20(18,19)16-9-11-4-2-1-3-5-11/h6-8,11,16-17H,1-5,9-10H2. The molecule has 1 saturated carbocycles. The van der Waals surface area contributed by atoms with E-state index < -0.39 is 10.0 Å². The Balaban J connectivity index is 2.04. The number of sulfonamides is 1. The van der Waals surface area contributed by atoms with Crippen LogP contribution in [0.3, 0.4) is 0 Å². The Kier molecular flexibility index (Phi) is 5.43. The zero-order valence-electron chi connectivity index (χ0n) is 11.3. The van der Waals surface area contributed by atoms with E-state index in [0.29, 0.717) is 18.0 Å². The second-order valence-corrected chi connectivity index (χ2v) is 7.44. The van der Waals surface area contributed by atoms with E-state index in [2.05, 4.69) is 4.72 Å². The van der Waals surface area contributed by atoms with E-state index in [1.807, 2.05) is 0 Å². The lowest BCUT2D eigenvalue weighted by Crippen LogP contribution is -2.30. The molecule has 0 heterocycles. The average molecular weight is 318 g/mol. The summed E-state index contributed by atoms with van der Waals surface area (Å²) in [6.07, 6.45) is 5.80. The lowest BCUT2D eigenvalue weighted by molar-refractivity contribution is 0.282. The number of rotatable bonds is 5. The molecule has 0 aliphatic heterocycles. The fraction of sp³-hybridized carbons (Fsp3) is 0.571. The Hall–Kier alpha value is -0.620. The molecule has 0 bridgehead atoms. The molecule has 1 fully saturated rings. The zero-order chi connectivity index (χ0) is 14.6. The van der Waals surface area contributed by atoms with Crippen LogP contribution in [0.4, 0.5) is 0 Å². The van der Waals surface area contributed by atoms with Crippen LogP contribution in [-0.4, -0.2) is 20.1 Å². The molecule has 1 aromatic rings. The van der Waals surface area contributed by atoms with Crippen LogP contribution < -0.4 is 4.72 Å². The van der Waals surface area contributed by atoms with Gasteiger partial charge in [-0.1, -0.05) is 36.9 Å². The molecule has 6 heteroatoms. The van der Waals surface area contributed by atoms with Crippen molar-refractivity contribution < 1.29 is 13.5 Å². The predicted molar refractivity (Wildman–Crippen MR) is 79.1 cm³/mol. The van der Waals surface area contributed by atoms with E-state index in [1.165, 1.54) is 37.5 Å². The highest BCUT2D eigenvalue weighted by Crippen LogP contribution is 2.24. The van der Waals surface area contributed by atoms with Gasteiger partial charge in [-0.25, -0.2) is 13.1 Å². The summed E-state index contributed by atoms with van der Waals surface area (Å²) in [6, 6.07) is 4.40. The average Bonchev–Trinajstić information content (AvgIpc) is 2.46. The maximum atomic E-state index is 12.2. The third-order valence-corrected chi connectivity index (χ3v) is 5.57. The van der Waals surface area contributed by atoms with E-state index in [4.69, 9.17) is 16.7 Å². The molecule has 1 aliphatic rings. The smallest absolute Gasteiger partial charge is 0.240 e. The van der Waals surface area contributed by atoms with Crippen LogP contribution in [-0.2, 0) is 16.6 Å². The number of halogens is 1. The number of nitrogens with one attached hydrogen (secondary N) is 1. The summed E-state index contributed by atoms with van der Waals surface area (Å²) >= 11 is 5.93. The van der Waals surface area contributed by atoms with Gasteiger partial charge < -0.3 is 5.11 Å². The third kappa shape index (κ3) is 3.95. The lowest BCUT2D eigenvalue weighted by atomic mass is 9.90. The van der Waals surface area contributed by atoms with Crippen LogP contribution in [0.25, 0.3) is 0 Å². The third-order valence-electron chi connectivity index (χ3n) is 3.79. The molecule has 1 aromatic carbocycles. The number of aliphatic hydroxyl groups is 1. The van der Waals surface area contributed by atoms with E-state index in [-0.39, 0.29) is 16.5 Å². The first-order valence-electron chi connectivity index (χ1n) is 6.92. The van der Waals surface area contributed by atoms with Crippen molar-refractivity contribution in [3.8, 4) is 0 Å². The highest BCUT2D eigenvalue weighted by molar-refractivity contribution is 7.89. The molecule has 0 spiro atoms. The molecule has 0 saturated heterocycles. The van der Waals surface area contributed by atoms with Gasteiger partial charge in [-0.3, -0.25) is 0 Å². The monoisotopic (exact) mass is 317 g/mol. The van der Waals surface area contributed by atoms with Crippen molar-refractivity contribution in [2.24, 2.45) is 5.92 Å². The van der Waals surface area contributed by atoms with Gasteiger partial charge in [-0.05, 0) is 36.5 Å². The molecule has 20 heavy (non-hydrogen) atoms. The highest BCUT2D eigenvalue weighted by atomic mass is 35.5. The normalized spacial score (nSPS) is 17.3. The maximum absolute atomic E-state index is 12.2. The first kappa shape index (κ1) is 15.8. The van der Waals surface area contributed by atoms with Crippen LogP contribution in [0.15, 0.2) is 23.1 Å². The van der Waals surface area contributed by atoms with Crippen LogP contribution >= 0.6 is 11.6 Å². The molecule has 0 amide bonds. The molecule has 0 atom stereocenters. The zero-order valence-corrected chi connectivity index (χ0v) is 12.9. The topological polar surface area (TPSA) is 66.4 Å². The minimum Gasteiger partial charge on any atom is -0.392 e. The van der Waals surface area contributed by atoms with E-state index in [1.54, 1.807) is 0 Å². The molecule has 2 rings (SSSR count). The van der Waals surface area contributed by atoms with E-state index in [9.17, 15) is 8.42 Å². The first-order chi connectivity index (χ1) is 9.53. The molecule has 0 radical (unpaired) electrons. The summed E-state index contributed by atoms with van der Waals surface area (Å²) in [7, 11) is -3.52. The van der Waals surface area contributed by atoms with Gasteiger partial charge in [0.05, 0.1) is 11.5 Å². The van der Waals surface area contributed by atoms with Crippen LogP contribution in [0.2, 0.25) is 5.02 Å². The summed E-state index contributed by atoms with van der Waals surface area (Å²) in [6.45, 7) is 0.288. The molecular weight excluding hydrogens is 298 g/mol. The van der Waals surface area contributed by atoms with Gasteiger partial charge in [0.25, 0.3) is 0 Å². The molecule has 0 unspecified atom stereocenters. The van der Waals surface area contributed by atoms with Crippen molar-refractivity contribution in [3.05, 3.63) is 28.8 Å². The van der Waals surface area contributed by atoms with Crippen molar-refractivity contribution >= 4 is 21.6 Å². The van der Waals surface area contributed by atoms with Crippen LogP contribution in [0, 0.1) is 5.92 Å². The minimum atomic E-state index is -3.52. The quantitative estimate of drug-likeness (QED) is 0.877. The van der Waals surface area contributed by atoms with Crippen LogP contribution in [0.1, 0.15) is 37.7 Å². The second-order valence-electron chi connectivity index (χ2n) is 5.27. The Morgan fingerprint density at radius 2 is 1.95 bits per heavy atom. The first-order valence-corrected chi connectivity index (χ1v) is 8.78. The molecule has 0 aromatic heterocycles. The highest BCUT2D eigenvalue weighted by Gasteiger charge is 2.19. The summed E-state index contributed by atoms with van der Waals surface area (Å²) in [5, 5.41) is 9.31. The Morgan fingerprint density at radius 3 is 2.55 bits per heavy atom. The fourth-order valence-corrected chi connectivity index (χ4v) is 3.97. The van der Waals surface area contributed by atoms with Crippen molar-refractivity contribution in [3.63, 3.8) is 0 Å². The number of hydrogen-bond donors (Lipinski definition) is 2. The van der Waals surface area contributed by atoms with E-state index >= 15 is 0 Å². The van der Waals surface area contributed by atoms with Crippen molar-refractivity contribution in [1.29, 1.82) is 0 Å². The Bertz CT molecular complexity index is 554. The molecule has 1 aliphatic carbocycles.